The maximum absolute atomic E-state index is 6.13. The molecule has 0 aliphatic rings. The van der Waals surface area contributed by atoms with Crippen molar-refractivity contribution in [2.45, 2.75) is 39.2 Å². The summed E-state index contributed by atoms with van der Waals surface area (Å²) in [6, 6.07) is 15.0. The molecule has 0 aliphatic heterocycles. The number of halogens is 3. The third kappa shape index (κ3) is 7.07. The van der Waals surface area contributed by atoms with Gasteiger partial charge in [0.25, 0.3) is 0 Å². The fourth-order valence-corrected chi connectivity index (χ4v) is 3.35. The molecule has 2 N–H and O–H groups in total. The van der Waals surface area contributed by atoms with Crippen molar-refractivity contribution in [3.8, 4) is 0 Å². The lowest BCUT2D eigenvalue weighted by Crippen LogP contribution is -2.34. The van der Waals surface area contributed by atoms with E-state index in [4.69, 9.17) is 28.9 Å². The van der Waals surface area contributed by atoms with Crippen LogP contribution in [-0.2, 0) is 12.8 Å². The van der Waals surface area contributed by atoms with Gasteiger partial charge >= 0.3 is 0 Å². The fourth-order valence-electron chi connectivity index (χ4n) is 2.81. The van der Waals surface area contributed by atoms with E-state index >= 15 is 0 Å². The van der Waals surface area contributed by atoms with Crippen LogP contribution in [0.15, 0.2) is 42.5 Å². The molecule has 0 heterocycles. The number of nitrogens with two attached hydrogens (primary N) is 1. The van der Waals surface area contributed by atoms with Crippen LogP contribution in [0.3, 0.4) is 0 Å². The molecule has 0 saturated carbocycles. The van der Waals surface area contributed by atoms with Crippen LogP contribution in [0.25, 0.3) is 0 Å². The van der Waals surface area contributed by atoms with Gasteiger partial charge in [0.1, 0.15) is 0 Å². The Morgan fingerprint density at radius 2 is 1.52 bits per heavy atom. The van der Waals surface area contributed by atoms with Crippen molar-refractivity contribution < 1.29 is 0 Å². The lowest BCUT2D eigenvalue weighted by molar-refractivity contribution is 0.222. The monoisotopic (exact) mass is 400 g/mol. The van der Waals surface area contributed by atoms with Gasteiger partial charge in [-0.1, -0.05) is 53.5 Å². The molecule has 0 bridgehead atoms. The normalized spacial score (nSPS) is 11.0. The van der Waals surface area contributed by atoms with Crippen LogP contribution in [0, 0.1) is 0 Å². The fraction of sp³-hybridized carbons (Fsp3) is 0.400. The SMILES string of the molecule is CC(C)N(CCCc1ccccc1)CCc1cc(Cl)c(N)c(Cl)c1.Cl. The van der Waals surface area contributed by atoms with Crippen molar-refractivity contribution in [3.63, 3.8) is 0 Å². The van der Waals surface area contributed by atoms with Crippen molar-refractivity contribution in [1.29, 1.82) is 0 Å². The highest BCUT2D eigenvalue weighted by Crippen LogP contribution is 2.29. The van der Waals surface area contributed by atoms with E-state index in [-0.39, 0.29) is 12.4 Å². The number of hydrogen-bond acceptors (Lipinski definition) is 2. The molecule has 0 spiro atoms. The largest absolute Gasteiger partial charge is 0.396 e. The Labute approximate surface area is 167 Å². The van der Waals surface area contributed by atoms with E-state index < -0.39 is 0 Å². The number of hydrogen-bond donors (Lipinski definition) is 1. The Hall–Kier alpha value is -0.930. The van der Waals surface area contributed by atoms with Crippen molar-refractivity contribution in [2.75, 3.05) is 18.8 Å². The van der Waals surface area contributed by atoms with E-state index in [0.717, 1.165) is 37.9 Å². The van der Waals surface area contributed by atoms with Gasteiger partial charge in [-0.25, -0.2) is 0 Å². The van der Waals surface area contributed by atoms with Crippen LogP contribution in [-0.4, -0.2) is 24.0 Å². The van der Waals surface area contributed by atoms with Gasteiger partial charge in [-0.15, -0.1) is 12.4 Å². The van der Waals surface area contributed by atoms with Gasteiger partial charge in [-0.3, -0.25) is 0 Å². The van der Waals surface area contributed by atoms with Crippen molar-refractivity contribution in [2.24, 2.45) is 0 Å². The summed E-state index contributed by atoms with van der Waals surface area (Å²) in [6.07, 6.45) is 3.19. The predicted molar refractivity (Wildman–Crippen MR) is 113 cm³/mol. The van der Waals surface area contributed by atoms with E-state index in [2.05, 4.69) is 49.1 Å². The highest BCUT2D eigenvalue weighted by atomic mass is 35.5. The first-order valence-electron chi connectivity index (χ1n) is 8.48. The lowest BCUT2D eigenvalue weighted by Gasteiger charge is -2.26. The third-order valence-electron chi connectivity index (χ3n) is 4.31. The minimum atomic E-state index is 0. The minimum Gasteiger partial charge on any atom is -0.396 e. The standard InChI is InChI=1S/C20H26Cl2N2.ClH/c1-15(2)24(11-6-9-16-7-4-3-5-8-16)12-10-17-13-18(21)20(23)19(22)14-17;/h3-5,7-8,13-15H,6,9-12,23H2,1-2H3;1H. The smallest absolute Gasteiger partial charge is 0.0693 e. The van der Waals surface area contributed by atoms with Gasteiger partial charge in [-0.05, 0) is 62.9 Å². The van der Waals surface area contributed by atoms with E-state index in [9.17, 15) is 0 Å². The quantitative estimate of drug-likeness (QED) is 0.559. The highest BCUT2D eigenvalue weighted by molar-refractivity contribution is 6.38. The summed E-state index contributed by atoms with van der Waals surface area (Å²) in [7, 11) is 0. The van der Waals surface area contributed by atoms with Crippen molar-refractivity contribution in [1.82, 2.24) is 4.90 Å². The van der Waals surface area contributed by atoms with Crippen molar-refractivity contribution in [3.05, 3.63) is 63.6 Å². The average Bonchev–Trinajstić information content (AvgIpc) is 2.56. The van der Waals surface area contributed by atoms with Crippen LogP contribution in [0.4, 0.5) is 5.69 Å². The molecule has 0 aliphatic carbocycles. The first kappa shape index (κ1) is 22.1. The van der Waals surface area contributed by atoms with E-state index in [0.29, 0.717) is 21.8 Å². The molecule has 138 valence electrons. The summed E-state index contributed by atoms with van der Waals surface area (Å²) in [4.78, 5) is 2.50. The molecule has 2 rings (SSSR count). The Balaban J connectivity index is 0.00000312. The summed E-state index contributed by atoms with van der Waals surface area (Å²) in [5.74, 6) is 0. The maximum atomic E-state index is 6.13. The number of nitrogen functional groups attached to an aromatic ring is 1. The number of anilines is 1. The molecule has 0 unspecified atom stereocenters. The first-order valence-corrected chi connectivity index (χ1v) is 9.24. The van der Waals surface area contributed by atoms with Gasteiger partial charge in [0.2, 0.25) is 0 Å². The summed E-state index contributed by atoms with van der Waals surface area (Å²) >= 11 is 12.3. The molecule has 0 radical (unpaired) electrons. The molecule has 0 atom stereocenters. The molecule has 0 fully saturated rings. The predicted octanol–water partition coefficient (Wildman–Crippen LogP) is 5.88. The van der Waals surface area contributed by atoms with Gasteiger partial charge in [0, 0.05) is 12.6 Å². The van der Waals surface area contributed by atoms with Gasteiger partial charge < -0.3 is 10.6 Å². The van der Waals surface area contributed by atoms with Crippen molar-refractivity contribution >= 4 is 41.3 Å². The van der Waals surface area contributed by atoms with Crippen LogP contribution >= 0.6 is 35.6 Å². The number of rotatable bonds is 8. The van der Waals surface area contributed by atoms with Gasteiger partial charge in [-0.2, -0.15) is 0 Å². The summed E-state index contributed by atoms with van der Waals surface area (Å²) in [5, 5.41) is 1.08. The molecule has 2 nitrogen and oxygen atoms in total. The van der Waals surface area contributed by atoms with Crippen LogP contribution in [0.2, 0.25) is 10.0 Å². The van der Waals surface area contributed by atoms with E-state index in [1.54, 1.807) is 0 Å². The topological polar surface area (TPSA) is 29.3 Å². The number of aryl methyl sites for hydroxylation is 1. The molecule has 0 saturated heterocycles. The Kier molecular flexibility index (Phi) is 9.66. The number of nitrogens with zero attached hydrogens (tertiary/aromatic N) is 1. The average molecular weight is 402 g/mol. The Bertz CT molecular complexity index is 622. The summed E-state index contributed by atoms with van der Waals surface area (Å²) < 4.78 is 0. The zero-order chi connectivity index (χ0) is 17.5. The summed E-state index contributed by atoms with van der Waals surface area (Å²) in [5.41, 5.74) is 8.80. The molecular weight excluding hydrogens is 375 g/mol. The first-order chi connectivity index (χ1) is 11.5. The molecule has 0 amide bonds. The van der Waals surface area contributed by atoms with Gasteiger partial charge in [0.15, 0.2) is 0 Å². The maximum Gasteiger partial charge on any atom is 0.0693 e. The zero-order valence-corrected chi connectivity index (χ0v) is 17.2. The summed E-state index contributed by atoms with van der Waals surface area (Å²) in [6.45, 7) is 6.56. The van der Waals surface area contributed by atoms with Crippen LogP contribution < -0.4 is 5.73 Å². The second-order valence-electron chi connectivity index (χ2n) is 6.44. The zero-order valence-electron chi connectivity index (χ0n) is 14.8. The highest BCUT2D eigenvalue weighted by Gasteiger charge is 2.11. The lowest BCUT2D eigenvalue weighted by atomic mass is 10.1. The molecule has 25 heavy (non-hydrogen) atoms. The second kappa shape index (κ2) is 10.9. The molecule has 0 aromatic heterocycles. The Morgan fingerprint density at radius 3 is 2.08 bits per heavy atom. The van der Waals surface area contributed by atoms with E-state index in [1.165, 1.54) is 5.56 Å². The van der Waals surface area contributed by atoms with Crippen LogP contribution in [0.5, 0.6) is 0 Å². The molecule has 5 heteroatoms. The molecule has 2 aromatic rings. The second-order valence-corrected chi connectivity index (χ2v) is 7.26. The number of benzene rings is 2. The van der Waals surface area contributed by atoms with Crippen LogP contribution in [0.1, 0.15) is 31.4 Å². The van der Waals surface area contributed by atoms with E-state index in [1.807, 2.05) is 12.1 Å². The minimum absolute atomic E-state index is 0. The molecular formula is C20H27Cl3N2. The Morgan fingerprint density at radius 1 is 0.920 bits per heavy atom. The molecule has 2 aromatic carbocycles. The third-order valence-corrected chi connectivity index (χ3v) is 4.94. The van der Waals surface area contributed by atoms with Gasteiger partial charge in [0.05, 0.1) is 15.7 Å².